The Morgan fingerprint density at radius 2 is 2.16 bits per heavy atom. The number of ether oxygens (including phenoxy) is 1. The molecule has 25 heavy (non-hydrogen) atoms. The Labute approximate surface area is 153 Å². The maximum Gasteiger partial charge on any atom is 0.240 e. The number of thiophene rings is 1. The number of hydrogen-bond acceptors (Lipinski definition) is 5. The third-order valence-corrected chi connectivity index (χ3v) is 5.22. The summed E-state index contributed by atoms with van der Waals surface area (Å²) < 4.78 is 5.27. The van der Waals surface area contributed by atoms with Crippen LogP contribution in [0.4, 0.5) is 0 Å². The van der Waals surface area contributed by atoms with Crippen LogP contribution in [0, 0.1) is 0 Å². The molecular formula is C18H27N3O3S. The lowest BCUT2D eigenvalue weighted by molar-refractivity contribution is -0.140. The van der Waals surface area contributed by atoms with E-state index in [0.717, 1.165) is 4.88 Å². The first-order valence-electron chi connectivity index (χ1n) is 8.50. The van der Waals surface area contributed by atoms with Gasteiger partial charge in [0.2, 0.25) is 11.8 Å². The van der Waals surface area contributed by atoms with Crippen LogP contribution in [-0.2, 0) is 20.9 Å². The molecule has 1 aliphatic heterocycles. The van der Waals surface area contributed by atoms with E-state index in [1.165, 1.54) is 0 Å². The lowest BCUT2D eigenvalue weighted by Gasteiger charge is -2.32. The van der Waals surface area contributed by atoms with Crippen LogP contribution in [0.2, 0.25) is 0 Å². The molecule has 1 saturated heterocycles. The molecular weight excluding hydrogens is 338 g/mol. The van der Waals surface area contributed by atoms with Crippen molar-refractivity contribution in [2.24, 2.45) is 0 Å². The van der Waals surface area contributed by atoms with Crippen molar-refractivity contribution in [3.8, 4) is 0 Å². The third kappa shape index (κ3) is 5.66. The largest absolute Gasteiger partial charge is 0.378 e. The Hall–Kier alpha value is -1.70. The Morgan fingerprint density at radius 1 is 1.44 bits per heavy atom. The van der Waals surface area contributed by atoms with E-state index in [0.29, 0.717) is 39.4 Å². The summed E-state index contributed by atoms with van der Waals surface area (Å²) in [4.78, 5) is 31.7. The molecule has 0 radical (unpaired) electrons. The predicted molar refractivity (Wildman–Crippen MR) is 99.4 cm³/mol. The van der Waals surface area contributed by atoms with Gasteiger partial charge in [-0.05, 0) is 25.4 Å². The van der Waals surface area contributed by atoms with Crippen molar-refractivity contribution in [2.45, 2.75) is 19.5 Å². The minimum absolute atomic E-state index is 0.00516. The van der Waals surface area contributed by atoms with Gasteiger partial charge in [-0.25, -0.2) is 0 Å². The summed E-state index contributed by atoms with van der Waals surface area (Å²) in [7, 11) is 1.82. The maximum absolute atomic E-state index is 12.9. The van der Waals surface area contributed by atoms with Crippen LogP contribution in [0.3, 0.4) is 0 Å². The maximum atomic E-state index is 12.9. The summed E-state index contributed by atoms with van der Waals surface area (Å²) in [5.74, 6) is 0.0459. The number of rotatable bonds is 8. The molecule has 0 N–H and O–H groups in total. The zero-order valence-electron chi connectivity index (χ0n) is 15.0. The van der Waals surface area contributed by atoms with E-state index in [1.807, 2.05) is 36.4 Å². The van der Waals surface area contributed by atoms with Crippen LogP contribution in [-0.4, -0.2) is 79.0 Å². The quantitative estimate of drug-likeness (QED) is 0.654. The summed E-state index contributed by atoms with van der Waals surface area (Å²) >= 11 is 1.63. The highest BCUT2D eigenvalue weighted by Gasteiger charge is 2.26. The summed E-state index contributed by atoms with van der Waals surface area (Å²) in [5.41, 5.74) is 0. The van der Waals surface area contributed by atoms with Gasteiger partial charge in [0.25, 0.3) is 0 Å². The molecule has 2 amide bonds. The van der Waals surface area contributed by atoms with Crippen molar-refractivity contribution in [3.63, 3.8) is 0 Å². The van der Waals surface area contributed by atoms with Gasteiger partial charge in [-0.3, -0.25) is 14.5 Å². The Morgan fingerprint density at radius 3 is 2.76 bits per heavy atom. The topological polar surface area (TPSA) is 53.1 Å². The molecule has 1 atom stereocenters. The minimum atomic E-state index is -0.370. The second-order valence-corrected chi connectivity index (χ2v) is 7.20. The van der Waals surface area contributed by atoms with Crippen LogP contribution in [0.25, 0.3) is 0 Å². The van der Waals surface area contributed by atoms with Crippen molar-refractivity contribution in [1.82, 2.24) is 14.7 Å². The highest BCUT2D eigenvalue weighted by Crippen LogP contribution is 2.14. The molecule has 138 valence electrons. The fourth-order valence-corrected chi connectivity index (χ4v) is 3.41. The van der Waals surface area contributed by atoms with Crippen molar-refractivity contribution in [3.05, 3.63) is 35.0 Å². The lowest BCUT2D eigenvalue weighted by atomic mass is 10.2. The van der Waals surface area contributed by atoms with Gasteiger partial charge in [0.05, 0.1) is 32.3 Å². The molecule has 1 aliphatic rings. The summed E-state index contributed by atoms with van der Waals surface area (Å²) in [6.45, 7) is 9.29. The molecule has 1 unspecified atom stereocenters. The molecule has 6 nitrogen and oxygen atoms in total. The SMILES string of the molecule is C=CCN(Cc1cccs1)C(=O)C(C)N(C)CC(=O)N1CCOCC1. The average molecular weight is 365 g/mol. The molecule has 1 aromatic rings. The standard InChI is InChI=1S/C18H27N3O3S/c1-4-7-21(13-16-6-5-12-25-16)18(23)15(2)19(3)14-17(22)20-8-10-24-11-9-20/h4-6,12,15H,1,7-11,13-14H2,2-3H3. The van der Waals surface area contributed by atoms with Crippen LogP contribution >= 0.6 is 11.3 Å². The van der Waals surface area contributed by atoms with Gasteiger partial charge in [0, 0.05) is 24.5 Å². The van der Waals surface area contributed by atoms with E-state index < -0.39 is 0 Å². The zero-order chi connectivity index (χ0) is 18.2. The summed E-state index contributed by atoms with van der Waals surface area (Å²) in [6.07, 6.45) is 1.73. The fourth-order valence-electron chi connectivity index (χ4n) is 2.69. The number of hydrogen-bond donors (Lipinski definition) is 0. The number of amides is 2. The normalized spacial score (nSPS) is 15.9. The Kier molecular flexibility index (Phi) is 7.61. The van der Waals surface area contributed by atoms with Crippen molar-refractivity contribution >= 4 is 23.2 Å². The molecule has 2 rings (SSSR count). The third-order valence-electron chi connectivity index (χ3n) is 4.35. The van der Waals surface area contributed by atoms with Gasteiger partial charge in [-0.15, -0.1) is 17.9 Å². The zero-order valence-corrected chi connectivity index (χ0v) is 15.8. The Bertz CT molecular complexity index is 570. The van der Waals surface area contributed by atoms with E-state index in [1.54, 1.807) is 27.2 Å². The predicted octanol–water partition coefficient (Wildman–Crippen LogP) is 1.44. The fraction of sp³-hybridized carbons (Fsp3) is 0.556. The van der Waals surface area contributed by atoms with E-state index >= 15 is 0 Å². The average Bonchev–Trinajstić information content (AvgIpc) is 3.14. The number of morpholine rings is 1. The van der Waals surface area contributed by atoms with Gasteiger partial charge < -0.3 is 14.5 Å². The molecule has 2 heterocycles. The Balaban J connectivity index is 1.92. The minimum Gasteiger partial charge on any atom is -0.378 e. The van der Waals surface area contributed by atoms with Gasteiger partial charge in [0.15, 0.2) is 0 Å². The molecule has 1 fully saturated rings. The number of carbonyl (C=O) groups excluding carboxylic acids is 2. The van der Waals surface area contributed by atoms with Crippen LogP contribution in [0.15, 0.2) is 30.2 Å². The van der Waals surface area contributed by atoms with E-state index in [-0.39, 0.29) is 24.4 Å². The molecule has 0 saturated carbocycles. The highest BCUT2D eigenvalue weighted by molar-refractivity contribution is 7.09. The van der Waals surface area contributed by atoms with E-state index in [9.17, 15) is 9.59 Å². The first kappa shape index (κ1) is 19.6. The smallest absolute Gasteiger partial charge is 0.240 e. The summed E-state index contributed by atoms with van der Waals surface area (Å²) in [5, 5.41) is 2.00. The molecule has 0 spiro atoms. The number of likely N-dealkylation sites (N-methyl/N-ethyl adjacent to an activating group) is 1. The van der Waals surface area contributed by atoms with E-state index in [2.05, 4.69) is 6.58 Å². The first-order valence-corrected chi connectivity index (χ1v) is 9.38. The molecule has 0 aliphatic carbocycles. The van der Waals surface area contributed by atoms with E-state index in [4.69, 9.17) is 4.74 Å². The summed E-state index contributed by atoms with van der Waals surface area (Å²) in [6, 6.07) is 3.63. The monoisotopic (exact) mass is 365 g/mol. The number of carbonyl (C=O) groups is 2. The molecule has 1 aromatic heterocycles. The molecule has 7 heteroatoms. The number of nitrogens with zero attached hydrogens (tertiary/aromatic N) is 3. The van der Waals surface area contributed by atoms with Gasteiger partial charge >= 0.3 is 0 Å². The van der Waals surface area contributed by atoms with Crippen molar-refractivity contribution in [1.29, 1.82) is 0 Å². The molecule has 0 bridgehead atoms. The van der Waals surface area contributed by atoms with Crippen molar-refractivity contribution < 1.29 is 14.3 Å². The first-order chi connectivity index (χ1) is 12.0. The van der Waals surface area contributed by atoms with Gasteiger partial charge in [-0.1, -0.05) is 12.1 Å². The second-order valence-electron chi connectivity index (χ2n) is 6.17. The van der Waals surface area contributed by atoms with Crippen LogP contribution in [0.5, 0.6) is 0 Å². The second kappa shape index (κ2) is 9.70. The lowest BCUT2D eigenvalue weighted by Crippen LogP contribution is -2.50. The van der Waals surface area contributed by atoms with Gasteiger partial charge in [-0.2, -0.15) is 0 Å². The van der Waals surface area contributed by atoms with Crippen molar-refractivity contribution in [2.75, 3.05) is 46.4 Å². The molecule has 0 aromatic carbocycles. The van der Waals surface area contributed by atoms with Crippen LogP contribution < -0.4 is 0 Å². The van der Waals surface area contributed by atoms with Crippen LogP contribution in [0.1, 0.15) is 11.8 Å². The van der Waals surface area contributed by atoms with Gasteiger partial charge in [0.1, 0.15) is 0 Å². The highest BCUT2D eigenvalue weighted by atomic mass is 32.1.